The molecule has 3 nitrogen and oxygen atoms in total. The van der Waals surface area contributed by atoms with Gasteiger partial charge in [0, 0.05) is 33.8 Å². The maximum Gasteiger partial charge on any atom is 0.0730 e. The van der Waals surface area contributed by atoms with Crippen molar-refractivity contribution in [3.8, 4) is 44.8 Å². The van der Waals surface area contributed by atoms with Crippen LogP contribution in [0.5, 0.6) is 0 Å². The number of hydrogen-bond acceptors (Lipinski definition) is 3. The molecule has 0 saturated carbocycles. The van der Waals surface area contributed by atoms with Crippen LogP contribution in [0.15, 0.2) is 231 Å². The molecule has 290 valence electrons. The summed E-state index contributed by atoms with van der Waals surface area (Å²) in [6.07, 6.45) is 0. The number of rotatable bonds is 10. The molecule has 60 heavy (non-hydrogen) atoms. The molecule has 9 aromatic rings. The molecular weight excluding hydrogens is 727 g/mol. The van der Waals surface area contributed by atoms with E-state index in [0.29, 0.717) is 0 Å². The highest BCUT2D eigenvalue weighted by Gasteiger charge is 2.29. The Hall–Kier alpha value is -7.49. The molecule has 0 unspecified atom stereocenters. The molecule has 0 aliphatic rings. The van der Waals surface area contributed by atoms with Gasteiger partial charge in [-0.15, -0.1) is 0 Å². The van der Waals surface area contributed by atoms with Gasteiger partial charge in [-0.3, -0.25) is 0 Å². The highest BCUT2D eigenvalue weighted by Crippen LogP contribution is 2.51. The lowest BCUT2D eigenvalue weighted by Gasteiger charge is -2.35. The fourth-order valence-electron chi connectivity index (χ4n) is 7.92. The number of pyridine rings is 1. The second kappa shape index (κ2) is 16.8. The van der Waals surface area contributed by atoms with Gasteiger partial charge in [-0.05, 0) is 88.3 Å². The smallest absolute Gasteiger partial charge is 0.0730 e. The van der Waals surface area contributed by atoms with Gasteiger partial charge in [-0.25, -0.2) is 4.98 Å². The van der Waals surface area contributed by atoms with E-state index < -0.39 is 0 Å². The average molecular weight is 774 g/mol. The molecule has 0 fully saturated rings. The molecule has 0 spiro atoms. The molecule has 0 bridgehead atoms. The Morgan fingerprint density at radius 3 is 1.13 bits per heavy atom. The minimum absolute atomic E-state index is 0.196. The SMILES string of the molecule is CC(C)(C)c1cc(N(c2ccccc2)c2cccc(-c3ccccc3)c2)c(-c2ccccc2)c(N(c2ccccc2)c2cc(-c3ccccc3)nc(-c3ccccc3)c2)c1. The lowest BCUT2D eigenvalue weighted by atomic mass is 9.84. The molecule has 0 aliphatic heterocycles. The van der Waals surface area contributed by atoms with E-state index in [1.165, 1.54) is 11.1 Å². The first-order valence-electron chi connectivity index (χ1n) is 20.6. The Labute approximate surface area is 354 Å². The highest BCUT2D eigenvalue weighted by atomic mass is 15.2. The molecule has 3 heteroatoms. The molecule has 1 aromatic heterocycles. The predicted molar refractivity (Wildman–Crippen MR) is 254 cm³/mol. The number of para-hydroxylation sites is 2. The molecule has 0 aliphatic carbocycles. The standard InChI is InChI=1S/C57H47N3/c1-57(2,3)47-38-54(59(48-32-18-8-19-33-48)50-36-22-31-46(37-50)42-23-10-4-11-24-42)56(45-29-16-7-17-30-45)55(39-47)60(49-34-20-9-21-35-49)51-40-52(43-25-12-5-13-26-43)58-53(41-51)44-27-14-6-15-28-44/h4-41H,1-3H3. The molecule has 0 amide bonds. The van der Waals surface area contributed by atoms with Crippen LogP contribution in [-0.4, -0.2) is 4.98 Å². The third-order valence-corrected chi connectivity index (χ3v) is 11.0. The number of anilines is 6. The first kappa shape index (κ1) is 38.1. The third kappa shape index (κ3) is 7.99. The van der Waals surface area contributed by atoms with Crippen LogP contribution in [0, 0.1) is 0 Å². The van der Waals surface area contributed by atoms with Crippen molar-refractivity contribution < 1.29 is 0 Å². The van der Waals surface area contributed by atoms with Gasteiger partial charge < -0.3 is 9.80 Å². The van der Waals surface area contributed by atoms with E-state index >= 15 is 0 Å². The van der Waals surface area contributed by atoms with Crippen molar-refractivity contribution in [3.63, 3.8) is 0 Å². The Morgan fingerprint density at radius 2 is 0.683 bits per heavy atom. The molecule has 0 saturated heterocycles. The van der Waals surface area contributed by atoms with E-state index in [1.54, 1.807) is 0 Å². The zero-order valence-corrected chi connectivity index (χ0v) is 34.3. The van der Waals surface area contributed by atoms with Crippen molar-refractivity contribution in [2.24, 2.45) is 0 Å². The zero-order chi connectivity index (χ0) is 40.9. The quantitative estimate of drug-likeness (QED) is 0.138. The van der Waals surface area contributed by atoms with Gasteiger partial charge in [0.15, 0.2) is 0 Å². The number of benzene rings is 8. The number of hydrogen-bond donors (Lipinski definition) is 0. The topological polar surface area (TPSA) is 19.4 Å². The first-order valence-corrected chi connectivity index (χ1v) is 20.6. The van der Waals surface area contributed by atoms with E-state index in [9.17, 15) is 0 Å². The number of nitrogens with zero attached hydrogens (tertiary/aromatic N) is 3. The van der Waals surface area contributed by atoms with Crippen molar-refractivity contribution in [1.29, 1.82) is 0 Å². The fraction of sp³-hybridized carbons (Fsp3) is 0.0702. The highest BCUT2D eigenvalue weighted by molar-refractivity contribution is 6.00. The molecule has 0 radical (unpaired) electrons. The molecule has 9 rings (SSSR count). The molecule has 0 N–H and O–H groups in total. The van der Waals surface area contributed by atoms with Gasteiger partial charge in [0.25, 0.3) is 0 Å². The number of aromatic nitrogens is 1. The van der Waals surface area contributed by atoms with Gasteiger partial charge >= 0.3 is 0 Å². The van der Waals surface area contributed by atoms with Crippen LogP contribution >= 0.6 is 0 Å². The van der Waals surface area contributed by atoms with Gasteiger partial charge in [0.2, 0.25) is 0 Å². The van der Waals surface area contributed by atoms with Crippen LogP contribution in [0.3, 0.4) is 0 Å². The Bertz CT molecular complexity index is 2760. The summed E-state index contributed by atoms with van der Waals surface area (Å²) in [7, 11) is 0. The third-order valence-electron chi connectivity index (χ3n) is 11.0. The van der Waals surface area contributed by atoms with Crippen molar-refractivity contribution in [2.45, 2.75) is 26.2 Å². The van der Waals surface area contributed by atoms with Crippen LogP contribution in [0.1, 0.15) is 26.3 Å². The lowest BCUT2D eigenvalue weighted by Crippen LogP contribution is -2.19. The summed E-state index contributed by atoms with van der Waals surface area (Å²) in [6.45, 7) is 6.92. The minimum Gasteiger partial charge on any atom is -0.310 e. The summed E-state index contributed by atoms with van der Waals surface area (Å²) in [5, 5.41) is 0. The maximum atomic E-state index is 5.30. The average Bonchev–Trinajstić information content (AvgIpc) is 3.31. The molecular formula is C57H47N3. The second-order valence-corrected chi connectivity index (χ2v) is 16.1. The normalized spacial score (nSPS) is 11.2. The van der Waals surface area contributed by atoms with E-state index in [2.05, 4.69) is 261 Å². The van der Waals surface area contributed by atoms with Gasteiger partial charge in [-0.2, -0.15) is 0 Å². The lowest BCUT2D eigenvalue weighted by molar-refractivity contribution is 0.590. The van der Waals surface area contributed by atoms with E-state index in [4.69, 9.17) is 4.98 Å². The van der Waals surface area contributed by atoms with Gasteiger partial charge in [0.1, 0.15) is 0 Å². The van der Waals surface area contributed by atoms with E-state index in [-0.39, 0.29) is 5.41 Å². The summed E-state index contributed by atoms with van der Waals surface area (Å²) in [5.74, 6) is 0. The Balaban J connectivity index is 1.39. The first-order chi connectivity index (χ1) is 29.4. The van der Waals surface area contributed by atoms with Gasteiger partial charge in [0.05, 0.1) is 28.5 Å². The van der Waals surface area contributed by atoms with Crippen molar-refractivity contribution in [1.82, 2.24) is 4.98 Å². The summed E-state index contributed by atoms with van der Waals surface area (Å²) in [4.78, 5) is 10.2. The summed E-state index contributed by atoms with van der Waals surface area (Å²) >= 11 is 0. The summed E-state index contributed by atoms with van der Waals surface area (Å²) in [6, 6.07) is 82.3. The minimum atomic E-state index is -0.196. The van der Waals surface area contributed by atoms with Crippen LogP contribution in [0.4, 0.5) is 34.1 Å². The van der Waals surface area contributed by atoms with Crippen LogP contribution in [0.25, 0.3) is 44.8 Å². The molecule has 1 heterocycles. The molecule has 8 aromatic carbocycles. The van der Waals surface area contributed by atoms with Crippen LogP contribution < -0.4 is 9.80 Å². The van der Waals surface area contributed by atoms with E-state index in [1.807, 2.05) is 0 Å². The maximum absolute atomic E-state index is 5.30. The van der Waals surface area contributed by atoms with Gasteiger partial charge in [-0.1, -0.05) is 191 Å². The molecule has 0 atom stereocenters. The Morgan fingerprint density at radius 1 is 0.317 bits per heavy atom. The summed E-state index contributed by atoms with van der Waals surface area (Å²) in [5.41, 5.74) is 15.9. The Kier molecular flexibility index (Phi) is 10.6. The van der Waals surface area contributed by atoms with Crippen molar-refractivity contribution in [2.75, 3.05) is 9.80 Å². The largest absolute Gasteiger partial charge is 0.310 e. The van der Waals surface area contributed by atoms with Crippen LogP contribution in [-0.2, 0) is 5.41 Å². The zero-order valence-electron chi connectivity index (χ0n) is 34.3. The van der Waals surface area contributed by atoms with E-state index in [0.717, 1.165) is 73.3 Å². The van der Waals surface area contributed by atoms with Crippen molar-refractivity contribution >= 4 is 34.1 Å². The fourth-order valence-corrected chi connectivity index (χ4v) is 7.92. The van der Waals surface area contributed by atoms with Crippen molar-refractivity contribution in [3.05, 3.63) is 236 Å². The van der Waals surface area contributed by atoms with Crippen LogP contribution in [0.2, 0.25) is 0 Å². The summed E-state index contributed by atoms with van der Waals surface area (Å²) < 4.78 is 0. The predicted octanol–water partition coefficient (Wildman–Crippen LogP) is 16.0. The second-order valence-electron chi connectivity index (χ2n) is 16.1. The monoisotopic (exact) mass is 773 g/mol.